The van der Waals surface area contributed by atoms with Gasteiger partial charge < -0.3 is 9.73 Å². The van der Waals surface area contributed by atoms with Gasteiger partial charge in [-0.2, -0.15) is 0 Å². The Labute approximate surface area is 208 Å². The Morgan fingerprint density at radius 3 is 2.79 bits per heavy atom. The van der Waals surface area contributed by atoms with E-state index in [1.165, 1.54) is 11.3 Å². The quantitative estimate of drug-likeness (QED) is 0.246. The second kappa shape index (κ2) is 8.76. The number of oxazole rings is 1. The van der Waals surface area contributed by atoms with E-state index in [1.54, 1.807) is 18.2 Å². The van der Waals surface area contributed by atoms with E-state index in [9.17, 15) is 4.79 Å². The third-order valence-electron chi connectivity index (χ3n) is 4.94. The van der Waals surface area contributed by atoms with Crippen LogP contribution in [-0.2, 0) is 0 Å². The van der Waals surface area contributed by atoms with Gasteiger partial charge in [-0.05, 0) is 67.2 Å². The second-order valence-electron chi connectivity index (χ2n) is 7.36. The van der Waals surface area contributed by atoms with Crippen LogP contribution in [0, 0.1) is 6.92 Å². The lowest BCUT2D eigenvalue weighted by molar-refractivity contribution is 0.0982. The standard InChI is InChI=1S/C24H15Cl2N3O2S2/c1-12-5-8-18-17(9-12)28-23(31-18)13-3-2-4-15(10-13)27-24(32)29-22(30)21-20(26)16-7-6-14(25)11-19(16)33-21/h2-11H,1H3,(H2,27,29,30,32). The van der Waals surface area contributed by atoms with Crippen LogP contribution in [0.5, 0.6) is 0 Å². The number of fused-ring (bicyclic) bond motifs is 2. The van der Waals surface area contributed by atoms with E-state index in [0.29, 0.717) is 26.5 Å². The molecule has 2 aromatic heterocycles. The van der Waals surface area contributed by atoms with Crippen molar-refractivity contribution in [2.24, 2.45) is 0 Å². The highest BCUT2D eigenvalue weighted by Gasteiger charge is 2.18. The van der Waals surface area contributed by atoms with E-state index in [4.69, 9.17) is 39.8 Å². The highest BCUT2D eigenvalue weighted by atomic mass is 35.5. The normalized spacial score (nSPS) is 11.1. The Morgan fingerprint density at radius 2 is 1.94 bits per heavy atom. The number of aryl methyl sites for hydroxylation is 1. The minimum absolute atomic E-state index is 0.150. The van der Waals surface area contributed by atoms with Gasteiger partial charge in [0.05, 0.1) is 5.02 Å². The molecular weight excluding hydrogens is 497 g/mol. The fourth-order valence-corrected chi connectivity index (χ4v) is 5.30. The van der Waals surface area contributed by atoms with Crippen molar-refractivity contribution in [3.05, 3.63) is 81.1 Å². The molecule has 5 nitrogen and oxygen atoms in total. The maximum Gasteiger partial charge on any atom is 0.269 e. The van der Waals surface area contributed by atoms with E-state index in [-0.39, 0.29) is 11.0 Å². The minimum atomic E-state index is -0.389. The van der Waals surface area contributed by atoms with Gasteiger partial charge >= 0.3 is 0 Å². The number of hydrogen-bond acceptors (Lipinski definition) is 5. The smallest absolute Gasteiger partial charge is 0.269 e. The molecule has 1 amide bonds. The average molecular weight is 512 g/mol. The first-order chi connectivity index (χ1) is 15.9. The highest BCUT2D eigenvalue weighted by Crippen LogP contribution is 2.36. The van der Waals surface area contributed by atoms with Gasteiger partial charge in [0.25, 0.3) is 5.91 Å². The molecule has 2 N–H and O–H groups in total. The molecule has 0 saturated carbocycles. The summed E-state index contributed by atoms with van der Waals surface area (Å²) in [6.45, 7) is 2.01. The van der Waals surface area contributed by atoms with Crippen molar-refractivity contribution in [3.8, 4) is 11.5 Å². The van der Waals surface area contributed by atoms with Gasteiger partial charge in [-0.25, -0.2) is 4.98 Å². The third kappa shape index (κ3) is 4.45. The molecule has 0 bridgehead atoms. The molecule has 5 aromatic rings. The molecule has 0 saturated heterocycles. The zero-order chi connectivity index (χ0) is 23.1. The Kier molecular flexibility index (Phi) is 5.80. The Bertz CT molecular complexity index is 1560. The van der Waals surface area contributed by atoms with Gasteiger partial charge in [0, 0.05) is 26.4 Å². The van der Waals surface area contributed by atoms with E-state index in [1.807, 2.05) is 49.4 Å². The summed E-state index contributed by atoms with van der Waals surface area (Å²) >= 11 is 19.1. The maximum atomic E-state index is 12.8. The fraction of sp³-hybridized carbons (Fsp3) is 0.0417. The highest BCUT2D eigenvalue weighted by molar-refractivity contribution is 7.80. The van der Waals surface area contributed by atoms with Gasteiger partial charge in [0.1, 0.15) is 10.4 Å². The number of aromatic nitrogens is 1. The number of carbonyl (C=O) groups is 1. The van der Waals surface area contributed by atoms with Gasteiger partial charge in [0.2, 0.25) is 5.89 Å². The summed E-state index contributed by atoms with van der Waals surface area (Å²) in [5.41, 5.74) is 4.10. The van der Waals surface area contributed by atoms with Crippen LogP contribution in [-0.4, -0.2) is 16.0 Å². The number of carbonyl (C=O) groups excluding carboxylic acids is 1. The molecule has 0 spiro atoms. The zero-order valence-corrected chi connectivity index (χ0v) is 20.3. The van der Waals surface area contributed by atoms with Crippen LogP contribution in [0.1, 0.15) is 15.2 Å². The van der Waals surface area contributed by atoms with Crippen LogP contribution in [0.15, 0.2) is 65.1 Å². The molecule has 3 aromatic carbocycles. The first-order valence-electron chi connectivity index (χ1n) is 9.85. The monoisotopic (exact) mass is 511 g/mol. The van der Waals surface area contributed by atoms with E-state index in [0.717, 1.165) is 32.3 Å². The molecule has 0 unspecified atom stereocenters. The van der Waals surface area contributed by atoms with E-state index < -0.39 is 0 Å². The molecule has 0 aliphatic carbocycles. The molecule has 0 radical (unpaired) electrons. The molecule has 5 rings (SSSR count). The average Bonchev–Trinajstić information content (AvgIpc) is 3.34. The second-order valence-corrected chi connectivity index (χ2v) is 9.64. The van der Waals surface area contributed by atoms with Crippen LogP contribution < -0.4 is 10.6 Å². The summed E-state index contributed by atoms with van der Waals surface area (Å²) in [5, 5.41) is 7.59. The summed E-state index contributed by atoms with van der Waals surface area (Å²) in [5.74, 6) is 0.116. The van der Waals surface area contributed by atoms with Crippen molar-refractivity contribution in [3.63, 3.8) is 0 Å². The van der Waals surface area contributed by atoms with Crippen LogP contribution in [0.25, 0.3) is 32.6 Å². The van der Waals surface area contributed by atoms with Crippen molar-refractivity contribution in [2.45, 2.75) is 6.92 Å². The van der Waals surface area contributed by atoms with Crippen molar-refractivity contribution in [1.29, 1.82) is 0 Å². The predicted octanol–water partition coefficient (Wildman–Crippen LogP) is 7.45. The molecular formula is C24H15Cl2N3O2S2. The number of nitrogens with one attached hydrogen (secondary N) is 2. The van der Waals surface area contributed by atoms with E-state index in [2.05, 4.69) is 15.6 Å². The molecule has 164 valence electrons. The first kappa shape index (κ1) is 21.9. The van der Waals surface area contributed by atoms with Gasteiger partial charge in [0.15, 0.2) is 10.7 Å². The number of anilines is 1. The lowest BCUT2D eigenvalue weighted by atomic mass is 10.2. The summed E-state index contributed by atoms with van der Waals surface area (Å²) in [6.07, 6.45) is 0. The molecule has 0 aliphatic heterocycles. The van der Waals surface area contributed by atoms with Crippen molar-refractivity contribution >= 4 is 84.6 Å². The predicted molar refractivity (Wildman–Crippen MR) is 140 cm³/mol. The SMILES string of the molecule is Cc1ccc2oc(-c3cccc(NC(=S)NC(=O)c4sc5cc(Cl)ccc5c4Cl)c3)nc2c1. The topological polar surface area (TPSA) is 67.2 Å². The lowest BCUT2D eigenvalue weighted by Gasteiger charge is -2.09. The summed E-state index contributed by atoms with van der Waals surface area (Å²) < 4.78 is 6.71. The molecule has 0 atom stereocenters. The van der Waals surface area contributed by atoms with Crippen molar-refractivity contribution < 1.29 is 9.21 Å². The largest absolute Gasteiger partial charge is 0.436 e. The van der Waals surface area contributed by atoms with Gasteiger partial charge in [-0.15, -0.1) is 11.3 Å². The fourth-order valence-electron chi connectivity index (χ4n) is 3.40. The first-order valence-corrected chi connectivity index (χ1v) is 11.8. The zero-order valence-electron chi connectivity index (χ0n) is 17.1. The van der Waals surface area contributed by atoms with Crippen molar-refractivity contribution in [2.75, 3.05) is 5.32 Å². The number of benzene rings is 3. The molecule has 0 fully saturated rings. The van der Waals surface area contributed by atoms with E-state index >= 15 is 0 Å². The van der Waals surface area contributed by atoms with Gasteiger partial charge in [-0.3, -0.25) is 10.1 Å². The summed E-state index contributed by atoms with van der Waals surface area (Å²) in [4.78, 5) is 17.7. The number of halogens is 2. The van der Waals surface area contributed by atoms with Crippen LogP contribution >= 0.6 is 46.8 Å². The number of nitrogens with zero attached hydrogens (tertiary/aromatic N) is 1. The Hall–Kier alpha value is -2.97. The summed E-state index contributed by atoms with van der Waals surface area (Å²) in [6, 6.07) is 18.6. The Balaban J connectivity index is 1.33. The number of rotatable bonds is 3. The maximum absolute atomic E-state index is 12.8. The van der Waals surface area contributed by atoms with Crippen LogP contribution in [0.2, 0.25) is 10.0 Å². The molecule has 2 heterocycles. The molecule has 33 heavy (non-hydrogen) atoms. The van der Waals surface area contributed by atoms with Crippen LogP contribution in [0.4, 0.5) is 5.69 Å². The number of amides is 1. The summed E-state index contributed by atoms with van der Waals surface area (Å²) in [7, 11) is 0. The Morgan fingerprint density at radius 1 is 1.09 bits per heavy atom. The number of thiocarbonyl (C=S) groups is 1. The number of hydrogen-bond donors (Lipinski definition) is 2. The number of thiophene rings is 1. The minimum Gasteiger partial charge on any atom is -0.436 e. The third-order valence-corrected chi connectivity index (χ3v) is 7.03. The molecule has 9 heteroatoms. The van der Waals surface area contributed by atoms with Gasteiger partial charge in [-0.1, -0.05) is 41.4 Å². The molecule has 0 aliphatic rings. The van der Waals surface area contributed by atoms with Crippen molar-refractivity contribution in [1.82, 2.24) is 10.3 Å². The lowest BCUT2D eigenvalue weighted by Crippen LogP contribution is -2.33. The van der Waals surface area contributed by atoms with Crippen LogP contribution in [0.3, 0.4) is 0 Å².